The van der Waals surface area contributed by atoms with Crippen molar-refractivity contribution in [3.05, 3.63) is 47.5 Å². The first-order valence-corrected chi connectivity index (χ1v) is 7.88. The summed E-state index contributed by atoms with van der Waals surface area (Å²) in [5.41, 5.74) is 2.72. The minimum atomic E-state index is 0.450. The minimum absolute atomic E-state index is 0.450. The Balaban J connectivity index is 1.94. The molecule has 1 heterocycles. The molecule has 1 aromatic carbocycles. The van der Waals surface area contributed by atoms with Crippen LogP contribution in [0.4, 0.5) is 0 Å². The van der Waals surface area contributed by atoms with Crippen molar-refractivity contribution in [2.24, 2.45) is 0 Å². The molecule has 0 aliphatic rings. The van der Waals surface area contributed by atoms with Crippen LogP contribution in [0.2, 0.25) is 0 Å². The summed E-state index contributed by atoms with van der Waals surface area (Å²) >= 11 is 0. The van der Waals surface area contributed by atoms with Crippen molar-refractivity contribution in [3.63, 3.8) is 0 Å². The van der Waals surface area contributed by atoms with Gasteiger partial charge in [-0.3, -0.25) is 4.68 Å². The van der Waals surface area contributed by atoms with Crippen LogP contribution in [0, 0.1) is 6.92 Å². The van der Waals surface area contributed by atoms with Crippen LogP contribution in [-0.2, 0) is 19.4 Å². The molecule has 4 nitrogen and oxygen atoms in total. The van der Waals surface area contributed by atoms with E-state index >= 15 is 0 Å². The maximum atomic E-state index is 4.39. The number of rotatable bonds is 8. The van der Waals surface area contributed by atoms with E-state index in [0.29, 0.717) is 6.04 Å². The number of nitrogens with zero attached hydrogens (tertiary/aromatic N) is 3. The summed E-state index contributed by atoms with van der Waals surface area (Å²) < 4.78 is 1.98. The Hall–Kier alpha value is -1.68. The molecule has 1 atom stereocenters. The van der Waals surface area contributed by atoms with Crippen molar-refractivity contribution in [3.8, 4) is 0 Å². The highest BCUT2D eigenvalue weighted by molar-refractivity contribution is 5.21. The Bertz CT molecular complexity index is 530. The van der Waals surface area contributed by atoms with Crippen LogP contribution < -0.4 is 5.32 Å². The van der Waals surface area contributed by atoms with Gasteiger partial charge < -0.3 is 5.32 Å². The lowest BCUT2D eigenvalue weighted by Crippen LogP contribution is -2.32. The molecule has 1 unspecified atom stereocenters. The third kappa shape index (κ3) is 4.67. The lowest BCUT2D eigenvalue weighted by atomic mass is 10.0. The van der Waals surface area contributed by atoms with E-state index in [4.69, 9.17) is 0 Å². The highest BCUT2D eigenvalue weighted by atomic mass is 15.3. The minimum Gasteiger partial charge on any atom is -0.314 e. The standard InChI is InChI=1S/C17H26N4/c1-4-18-16(12-17-19-13-20-21(17)5-2)11-10-15-8-6-14(3)7-9-15/h6-9,13,16,18H,4-5,10-12H2,1-3H3. The zero-order chi connectivity index (χ0) is 15.1. The molecule has 0 aliphatic heterocycles. The molecule has 1 aromatic heterocycles. The second-order valence-corrected chi connectivity index (χ2v) is 5.48. The molecule has 0 bridgehead atoms. The number of aromatic nitrogens is 3. The van der Waals surface area contributed by atoms with Crippen LogP contribution in [-0.4, -0.2) is 27.4 Å². The topological polar surface area (TPSA) is 42.7 Å². The summed E-state index contributed by atoms with van der Waals surface area (Å²) in [6.07, 6.45) is 4.81. The molecule has 114 valence electrons. The fraction of sp³-hybridized carbons (Fsp3) is 0.529. The third-order valence-corrected chi connectivity index (χ3v) is 3.82. The summed E-state index contributed by atoms with van der Waals surface area (Å²) in [6.45, 7) is 8.25. The normalized spacial score (nSPS) is 12.5. The Morgan fingerprint density at radius 1 is 1.19 bits per heavy atom. The number of benzene rings is 1. The van der Waals surface area contributed by atoms with E-state index in [1.54, 1.807) is 6.33 Å². The van der Waals surface area contributed by atoms with Crippen molar-refractivity contribution in [1.29, 1.82) is 0 Å². The average molecular weight is 286 g/mol. The predicted molar refractivity (Wildman–Crippen MR) is 86.4 cm³/mol. The number of aryl methyl sites for hydroxylation is 3. The van der Waals surface area contributed by atoms with Crippen molar-refractivity contribution < 1.29 is 0 Å². The van der Waals surface area contributed by atoms with Gasteiger partial charge >= 0.3 is 0 Å². The van der Waals surface area contributed by atoms with Crippen LogP contribution in [0.5, 0.6) is 0 Å². The van der Waals surface area contributed by atoms with Gasteiger partial charge in [0.05, 0.1) is 0 Å². The van der Waals surface area contributed by atoms with Gasteiger partial charge in [-0.25, -0.2) is 4.98 Å². The molecule has 0 saturated carbocycles. The first-order valence-electron chi connectivity index (χ1n) is 7.88. The Morgan fingerprint density at radius 2 is 1.95 bits per heavy atom. The van der Waals surface area contributed by atoms with E-state index in [1.807, 2.05) is 4.68 Å². The molecule has 0 amide bonds. The van der Waals surface area contributed by atoms with Gasteiger partial charge in [-0.15, -0.1) is 0 Å². The lowest BCUT2D eigenvalue weighted by molar-refractivity contribution is 0.466. The highest BCUT2D eigenvalue weighted by Gasteiger charge is 2.12. The number of likely N-dealkylation sites (N-methyl/N-ethyl adjacent to an activating group) is 1. The third-order valence-electron chi connectivity index (χ3n) is 3.82. The van der Waals surface area contributed by atoms with E-state index in [0.717, 1.165) is 38.2 Å². The number of hydrogen-bond donors (Lipinski definition) is 1. The van der Waals surface area contributed by atoms with Crippen LogP contribution in [0.15, 0.2) is 30.6 Å². The molecule has 0 aliphatic carbocycles. The molecule has 0 saturated heterocycles. The van der Waals surface area contributed by atoms with Gasteiger partial charge in [-0.1, -0.05) is 36.8 Å². The molecule has 2 aromatic rings. The fourth-order valence-corrected chi connectivity index (χ4v) is 2.59. The molecule has 1 N–H and O–H groups in total. The molecular weight excluding hydrogens is 260 g/mol. The monoisotopic (exact) mass is 286 g/mol. The van der Waals surface area contributed by atoms with Crippen LogP contribution >= 0.6 is 0 Å². The maximum Gasteiger partial charge on any atom is 0.138 e. The summed E-state index contributed by atoms with van der Waals surface area (Å²) in [5.74, 6) is 1.08. The molecule has 0 fully saturated rings. The molecule has 0 spiro atoms. The second kappa shape index (κ2) is 7.93. The molecule has 21 heavy (non-hydrogen) atoms. The first-order chi connectivity index (χ1) is 10.2. The molecule has 0 radical (unpaired) electrons. The van der Waals surface area contributed by atoms with Gasteiger partial charge in [-0.05, 0) is 38.8 Å². The number of nitrogens with one attached hydrogen (secondary N) is 1. The Morgan fingerprint density at radius 3 is 2.62 bits per heavy atom. The smallest absolute Gasteiger partial charge is 0.138 e. The van der Waals surface area contributed by atoms with Crippen molar-refractivity contribution in [2.45, 2.75) is 52.6 Å². The average Bonchev–Trinajstić information content (AvgIpc) is 2.94. The first kappa shape index (κ1) is 15.7. The van der Waals surface area contributed by atoms with E-state index in [1.165, 1.54) is 11.1 Å². The van der Waals surface area contributed by atoms with E-state index in [-0.39, 0.29) is 0 Å². The van der Waals surface area contributed by atoms with Crippen LogP contribution in [0.1, 0.15) is 37.2 Å². The van der Waals surface area contributed by atoms with Crippen LogP contribution in [0.25, 0.3) is 0 Å². The zero-order valence-corrected chi connectivity index (χ0v) is 13.3. The largest absolute Gasteiger partial charge is 0.314 e. The fourth-order valence-electron chi connectivity index (χ4n) is 2.59. The Kier molecular flexibility index (Phi) is 5.93. The van der Waals surface area contributed by atoms with Gasteiger partial charge in [-0.2, -0.15) is 5.10 Å². The van der Waals surface area contributed by atoms with Gasteiger partial charge in [0.1, 0.15) is 12.2 Å². The van der Waals surface area contributed by atoms with Crippen LogP contribution in [0.3, 0.4) is 0 Å². The van der Waals surface area contributed by atoms with Crippen molar-refractivity contribution >= 4 is 0 Å². The quantitative estimate of drug-likeness (QED) is 0.811. The molecule has 4 heteroatoms. The molecular formula is C17H26N4. The summed E-state index contributed by atoms with van der Waals surface area (Å²) in [7, 11) is 0. The molecule has 2 rings (SSSR count). The zero-order valence-electron chi connectivity index (χ0n) is 13.3. The van der Waals surface area contributed by atoms with E-state index in [9.17, 15) is 0 Å². The summed E-state index contributed by atoms with van der Waals surface area (Å²) in [4.78, 5) is 4.39. The predicted octanol–water partition coefficient (Wildman–Crippen LogP) is 2.76. The van der Waals surface area contributed by atoms with Gasteiger partial charge in [0.15, 0.2) is 0 Å². The summed E-state index contributed by atoms with van der Waals surface area (Å²) in [6, 6.07) is 9.28. The van der Waals surface area contributed by atoms with Gasteiger partial charge in [0.25, 0.3) is 0 Å². The Labute approximate surface area is 127 Å². The second-order valence-electron chi connectivity index (χ2n) is 5.48. The van der Waals surface area contributed by atoms with E-state index in [2.05, 4.69) is 60.4 Å². The highest BCUT2D eigenvalue weighted by Crippen LogP contribution is 2.10. The van der Waals surface area contributed by atoms with E-state index < -0.39 is 0 Å². The lowest BCUT2D eigenvalue weighted by Gasteiger charge is -2.17. The van der Waals surface area contributed by atoms with Crippen molar-refractivity contribution in [2.75, 3.05) is 6.54 Å². The number of hydrogen-bond acceptors (Lipinski definition) is 3. The summed E-state index contributed by atoms with van der Waals surface area (Å²) in [5, 5.41) is 7.83. The maximum absolute atomic E-state index is 4.39. The van der Waals surface area contributed by atoms with Gasteiger partial charge in [0, 0.05) is 19.0 Å². The van der Waals surface area contributed by atoms with Crippen molar-refractivity contribution in [1.82, 2.24) is 20.1 Å². The van der Waals surface area contributed by atoms with Gasteiger partial charge in [0.2, 0.25) is 0 Å². The SMILES string of the molecule is CCNC(CCc1ccc(C)cc1)Cc1ncnn1CC.